The van der Waals surface area contributed by atoms with E-state index >= 15 is 0 Å². The van der Waals surface area contributed by atoms with Gasteiger partial charge in [-0.1, -0.05) is 12.5 Å². The number of unbranched alkanes of at least 4 members (excludes halogenated alkanes) is 1. The highest BCUT2D eigenvalue weighted by atomic mass is 19.1. The maximum absolute atomic E-state index is 13.0. The zero-order valence-corrected chi connectivity index (χ0v) is 12.8. The number of nitrogens with zero attached hydrogens (tertiary/aromatic N) is 1. The lowest BCUT2D eigenvalue weighted by atomic mass is 9.89. The highest BCUT2D eigenvalue weighted by Gasteiger charge is 2.15. The zero-order valence-electron chi connectivity index (χ0n) is 12.8. The molecule has 0 radical (unpaired) electrons. The summed E-state index contributed by atoms with van der Waals surface area (Å²) in [7, 11) is 0. The van der Waals surface area contributed by atoms with E-state index in [0.29, 0.717) is 0 Å². The van der Waals surface area contributed by atoms with Crippen LogP contribution in [0.3, 0.4) is 0 Å². The smallest absolute Gasteiger partial charge is 0.123 e. The average Bonchev–Trinajstić information content (AvgIpc) is 2.40. The third-order valence-electron chi connectivity index (χ3n) is 3.58. The van der Waals surface area contributed by atoms with Gasteiger partial charge in [-0.15, -0.1) is 0 Å². The second-order valence-electron chi connectivity index (χ2n) is 6.02. The van der Waals surface area contributed by atoms with Crippen LogP contribution in [0.5, 0.6) is 0 Å². The number of rotatable bonds is 8. The summed E-state index contributed by atoms with van der Waals surface area (Å²) in [4.78, 5) is 0. The summed E-state index contributed by atoms with van der Waals surface area (Å²) < 4.78 is 13.0. The maximum atomic E-state index is 13.0. The predicted molar refractivity (Wildman–Crippen MR) is 81.0 cm³/mol. The first-order chi connectivity index (χ1) is 9.44. The number of halogens is 1. The van der Waals surface area contributed by atoms with E-state index in [-0.39, 0.29) is 11.2 Å². The molecule has 1 rings (SSSR count). The first-order valence-electron chi connectivity index (χ1n) is 7.31. The Bertz CT molecular complexity index is 461. The van der Waals surface area contributed by atoms with Gasteiger partial charge >= 0.3 is 0 Å². The molecule has 0 atom stereocenters. The van der Waals surface area contributed by atoms with Crippen LogP contribution < -0.4 is 5.32 Å². The van der Waals surface area contributed by atoms with Gasteiger partial charge in [-0.05, 0) is 76.4 Å². The molecule has 1 N–H and O–H groups in total. The van der Waals surface area contributed by atoms with Crippen molar-refractivity contribution in [3.05, 3.63) is 35.1 Å². The van der Waals surface area contributed by atoms with Crippen molar-refractivity contribution >= 4 is 0 Å². The minimum Gasteiger partial charge on any atom is -0.316 e. The molecule has 0 saturated heterocycles. The minimum atomic E-state index is -0.203. The van der Waals surface area contributed by atoms with Crippen molar-refractivity contribution in [2.45, 2.75) is 46.5 Å². The van der Waals surface area contributed by atoms with Crippen LogP contribution in [-0.2, 0) is 6.42 Å². The van der Waals surface area contributed by atoms with Gasteiger partial charge in [0.15, 0.2) is 0 Å². The number of benzene rings is 1. The van der Waals surface area contributed by atoms with E-state index < -0.39 is 0 Å². The predicted octanol–water partition coefficient (Wildman–Crippen LogP) is 3.99. The number of aryl methyl sites for hydroxylation is 1. The number of nitrogens with one attached hydrogen (secondary N) is 1. The van der Waals surface area contributed by atoms with Crippen LogP contribution >= 0.6 is 0 Å². The molecule has 1 aromatic rings. The Balaban J connectivity index is 2.12. The van der Waals surface area contributed by atoms with Crippen molar-refractivity contribution in [3.8, 4) is 6.07 Å². The van der Waals surface area contributed by atoms with Crippen LogP contribution in [0.2, 0.25) is 0 Å². The Kier molecular flexibility index (Phi) is 6.67. The van der Waals surface area contributed by atoms with Gasteiger partial charge in [0.1, 0.15) is 5.82 Å². The summed E-state index contributed by atoms with van der Waals surface area (Å²) in [5, 5.41) is 12.3. The van der Waals surface area contributed by atoms with Crippen LogP contribution in [-0.4, -0.2) is 13.1 Å². The first kappa shape index (κ1) is 16.7. The van der Waals surface area contributed by atoms with Crippen molar-refractivity contribution in [2.24, 2.45) is 5.41 Å². The summed E-state index contributed by atoms with van der Waals surface area (Å²) in [5.74, 6) is -0.167. The molecule has 0 spiro atoms. The van der Waals surface area contributed by atoms with E-state index in [1.807, 2.05) is 26.8 Å². The van der Waals surface area contributed by atoms with E-state index in [1.54, 1.807) is 6.07 Å². The number of hydrogen-bond acceptors (Lipinski definition) is 2. The topological polar surface area (TPSA) is 35.8 Å². The van der Waals surface area contributed by atoms with Crippen LogP contribution in [0.15, 0.2) is 18.2 Å². The molecule has 1 aromatic carbocycles. The molecule has 0 amide bonds. The quantitative estimate of drug-likeness (QED) is 0.729. The molecule has 0 aliphatic carbocycles. The van der Waals surface area contributed by atoms with Crippen LogP contribution in [0.1, 0.15) is 44.2 Å². The average molecular weight is 276 g/mol. The largest absolute Gasteiger partial charge is 0.316 e. The van der Waals surface area contributed by atoms with E-state index in [9.17, 15) is 4.39 Å². The molecular formula is C17H25FN2. The van der Waals surface area contributed by atoms with Crippen molar-refractivity contribution in [1.29, 1.82) is 5.26 Å². The summed E-state index contributed by atoms with van der Waals surface area (Å²) in [6.45, 7) is 7.80. The zero-order chi connectivity index (χ0) is 15.0. The molecule has 0 fully saturated rings. The fraction of sp³-hybridized carbons (Fsp3) is 0.588. The monoisotopic (exact) mass is 276 g/mol. The lowest BCUT2D eigenvalue weighted by Gasteiger charge is -2.14. The summed E-state index contributed by atoms with van der Waals surface area (Å²) in [5.41, 5.74) is 2.01. The molecule has 2 nitrogen and oxygen atoms in total. The molecule has 0 aromatic heterocycles. The summed E-state index contributed by atoms with van der Waals surface area (Å²) >= 11 is 0. The van der Waals surface area contributed by atoms with Gasteiger partial charge in [-0.25, -0.2) is 4.39 Å². The SMILES string of the molecule is Cc1cc(F)ccc1CCNCCCCC(C)(C)C#N. The highest BCUT2D eigenvalue weighted by Crippen LogP contribution is 2.21. The Labute approximate surface area is 122 Å². The highest BCUT2D eigenvalue weighted by molar-refractivity contribution is 5.26. The second kappa shape index (κ2) is 8.01. The van der Waals surface area contributed by atoms with Gasteiger partial charge in [-0.2, -0.15) is 5.26 Å². The summed E-state index contributed by atoms with van der Waals surface area (Å²) in [6, 6.07) is 7.29. The molecule has 0 saturated carbocycles. The number of hydrogen-bond donors (Lipinski definition) is 1. The van der Waals surface area contributed by atoms with E-state index in [2.05, 4.69) is 11.4 Å². The van der Waals surface area contributed by atoms with Gasteiger partial charge in [0, 0.05) is 0 Å². The van der Waals surface area contributed by atoms with Gasteiger partial charge < -0.3 is 5.32 Å². The third-order valence-corrected chi connectivity index (χ3v) is 3.58. The third kappa shape index (κ3) is 6.16. The molecule has 0 aliphatic heterocycles. The van der Waals surface area contributed by atoms with Crippen molar-refractivity contribution in [1.82, 2.24) is 5.32 Å². The van der Waals surface area contributed by atoms with Gasteiger partial charge in [0.2, 0.25) is 0 Å². The fourth-order valence-corrected chi connectivity index (χ4v) is 2.16. The molecule has 3 heteroatoms. The van der Waals surface area contributed by atoms with Crippen molar-refractivity contribution < 1.29 is 4.39 Å². The van der Waals surface area contributed by atoms with E-state index in [4.69, 9.17) is 5.26 Å². The molecule has 20 heavy (non-hydrogen) atoms. The first-order valence-corrected chi connectivity index (χ1v) is 7.31. The van der Waals surface area contributed by atoms with Crippen LogP contribution in [0, 0.1) is 29.5 Å². The molecule has 0 heterocycles. The van der Waals surface area contributed by atoms with Gasteiger partial charge in [0.25, 0.3) is 0 Å². The summed E-state index contributed by atoms with van der Waals surface area (Å²) in [6.07, 6.45) is 4.04. The Morgan fingerprint density at radius 3 is 2.65 bits per heavy atom. The van der Waals surface area contributed by atoms with Crippen LogP contribution in [0.4, 0.5) is 4.39 Å². The lowest BCUT2D eigenvalue weighted by Crippen LogP contribution is -2.19. The minimum absolute atomic E-state index is 0.167. The van der Waals surface area contributed by atoms with Crippen molar-refractivity contribution in [2.75, 3.05) is 13.1 Å². The molecular weight excluding hydrogens is 251 g/mol. The van der Waals surface area contributed by atoms with Gasteiger partial charge in [0.05, 0.1) is 11.5 Å². The second-order valence-corrected chi connectivity index (χ2v) is 6.02. The van der Waals surface area contributed by atoms with Crippen LogP contribution in [0.25, 0.3) is 0 Å². The molecule has 0 aliphatic rings. The van der Waals surface area contributed by atoms with Gasteiger partial charge in [-0.3, -0.25) is 0 Å². The Hall–Kier alpha value is -1.40. The van der Waals surface area contributed by atoms with Crippen molar-refractivity contribution in [3.63, 3.8) is 0 Å². The fourth-order valence-electron chi connectivity index (χ4n) is 2.16. The lowest BCUT2D eigenvalue weighted by molar-refractivity contribution is 0.423. The van der Waals surface area contributed by atoms with E-state index in [0.717, 1.165) is 44.3 Å². The van der Waals surface area contributed by atoms with E-state index in [1.165, 1.54) is 11.6 Å². The normalized spacial score (nSPS) is 11.3. The maximum Gasteiger partial charge on any atom is 0.123 e. The Morgan fingerprint density at radius 1 is 1.25 bits per heavy atom. The molecule has 0 bridgehead atoms. The standard InChI is InChI=1S/C17H25FN2/c1-14-12-16(18)7-6-15(14)8-11-20-10-5-4-9-17(2,3)13-19/h6-7,12,20H,4-5,8-11H2,1-3H3. The number of nitriles is 1. The Morgan fingerprint density at radius 2 is 2.00 bits per heavy atom. The molecule has 0 unspecified atom stereocenters. The molecule has 110 valence electrons.